The number of urea groups is 1. The highest BCUT2D eigenvalue weighted by molar-refractivity contribution is 6.06. The first-order chi connectivity index (χ1) is 7.58. The van der Waals surface area contributed by atoms with Crippen molar-refractivity contribution in [2.45, 2.75) is 13.8 Å². The SMILES string of the molecule is Cc1cncc(N2CC(C)C(=O)NC2=O)c1. The van der Waals surface area contributed by atoms with Crippen LogP contribution in [0.3, 0.4) is 0 Å². The molecule has 16 heavy (non-hydrogen) atoms. The third kappa shape index (κ3) is 1.88. The Balaban J connectivity index is 2.27. The number of hydrogen-bond acceptors (Lipinski definition) is 3. The maximum atomic E-state index is 11.6. The summed E-state index contributed by atoms with van der Waals surface area (Å²) in [7, 11) is 0. The van der Waals surface area contributed by atoms with Crippen molar-refractivity contribution in [2.75, 3.05) is 11.4 Å². The molecule has 5 heteroatoms. The highest BCUT2D eigenvalue weighted by atomic mass is 16.2. The number of aromatic nitrogens is 1. The van der Waals surface area contributed by atoms with Crippen LogP contribution in [0.2, 0.25) is 0 Å². The lowest BCUT2D eigenvalue weighted by atomic mass is 10.1. The van der Waals surface area contributed by atoms with Crippen LogP contribution in [-0.2, 0) is 4.79 Å². The Bertz CT molecular complexity index is 445. The highest BCUT2D eigenvalue weighted by Crippen LogP contribution is 2.18. The van der Waals surface area contributed by atoms with Crippen molar-refractivity contribution in [3.63, 3.8) is 0 Å². The molecule has 0 aliphatic carbocycles. The predicted molar refractivity (Wildman–Crippen MR) is 59.0 cm³/mol. The number of anilines is 1. The molecule has 1 atom stereocenters. The Labute approximate surface area is 93.5 Å². The molecule has 1 aromatic rings. The van der Waals surface area contributed by atoms with Gasteiger partial charge in [0.05, 0.1) is 17.8 Å². The Morgan fingerprint density at radius 3 is 2.88 bits per heavy atom. The van der Waals surface area contributed by atoms with Gasteiger partial charge in [-0.2, -0.15) is 0 Å². The summed E-state index contributed by atoms with van der Waals surface area (Å²) in [5.74, 6) is -0.417. The van der Waals surface area contributed by atoms with Gasteiger partial charge in [-0.3, -0.25) is 20.0 Å². The zero-order valence-corrected chi connectivity index (χ0v) is 9.23. The number of amides is 3. The number of rotatable bonds is 1. The number of carbonyl (C=O) groups is 2. The van der Waals surface area contributed by atoms with Gasteiger partial charge in [0, 0.05) is 12.7 Å². The van der Waals surface area contributed by atoms with Crippen LogP contribution in [0, 0.1) is 12.8 Å². The summed E-state index contributed by atoms with van der Waals surface area (Å²) in [6, 6.07) is 1.49. The van der Waals surface area contributed by atoms with Crippen molar-refractivity contribution in [3.05, 3.63) is 24.0 Å². The van der Waals surface area contributed by atoms with E-state index in [9.17, 15) is 9.59 Å². The standard InChI is InChI=1S/C11H13N3O2/c1-7-3-9(5-12-4-7)14-6-8(2)10(15)13-11(14)16/h3-5,8H,6H2,1-2H3,(H,13,15,16). The lowest BCUT2D eigenvalue weighted by Crippen LogP contribution is -2.53. The molecule has 0 aromatic carbocycles. The molecule has 2 heterocycles. The number of nitrogens with one attached hydrogen (secondary N) is 1. The molecule has 1 unspecified atom stereocenters. The fourth-order valence-electron chi connectivity index (χ4n) is 1.65. The van der Waals surface area contributed by atoms with Gasteiger partial charge in [-0.25, -0.2) is 4.79 Å². The minimum Gasteiger partial charge on any atom is -0.292 e. The Morgan fingerprint density at radius 2 is 2.19 bits per heavy atom. The smallest absolute Gasteiger partial charge is 0.292 e. The summed E-state index contributed by atoms with van der Waals surface area (Å²) in [5, 5.41) is 2.32. The molecule has 3 amide bonds. The Hall–Kier alpha value is -1.91. The maximum absolute atomic E-state index is 11.6. The van der Waals surface area contributed by atoms with Gasteiger partial charge in [0.25, 0.3) is 0 Å². The molecule has 84 valence electrons. The molecule has 1 aliphatic heterocycles. The first kappa shape index (κ1) is 10.6. The number of nitrogens with zero attached hydrogens (tertiary/aromatic N) is 2. The summed E-state index contributed by atoms with van der Waals surface area (Å²) in [6.45, 7) is 4.10. The van der Waals surface area contributed by atoms with E-state index >= 15 is 0 Å². The summed E-state index contributed by atoms with van der Waals surface area (Å²) in [6.07, 6.45) is 3.34. The molecule has 1 aliphatic rings. The third-order valence-electron chi connectivity index (χ3n) is 2.55. The summed E-state index contributed by atoms with van der Waals surface area (Å²) >= 11 is 0. The quantitative estimate of drug-likeness (QED) is 0.768. The maximum Gasteiger partial charge on any atom is 0.328 e. The van der Waals surface area contributed by atoms with Gasteiger partial charge < -0.3 is 0 Å². The number of aryl methyl sites for hydroxylation is 1. The van der Waals surface area contributed by atoms with E-state index in [4.69, 9.17) is 0 Å². The van der Waals surface area contributed by atoms with Crippen LogP contribution in [0.4, 0.5) is 10.5 Å². The molecule has 5 nitrogen and oxygen atoms in total. The van der Waals surface area contributed by atoms with Crippen LogP contribution >= 0.6 is 0 Å². The normalized spacial score (nSPS) is 20.9. The van der Waals surface area contributed by atoms with Crippen molar-refractivity contribution >= 4 is 17.6 Å². The lowest BCUT2D eigenvalue weighted by Gasteiger charge is -2.30. The van der Waals surface area contributed by atoms with Crippen LogP contribution in [0.15, 0.2) is 18.5 Å². The second kappa shape index (κ2) is 3.92. The van der Waals surface area contributed by atoms with Gasteiger partial charge >= 0.3 is 6.03 Å². The fourth-order valence-corrected chi connectivity index (χ4v) is 1.65. The minimum atomic E-state index is -0.379. The first-order valence-electron chi connectivity index (χ1n) is 5.12. The fraction of sp³-hybridized carbons (Fsp3) is 0.364. The molecule has 2 rings (SSSR count). The average molecular weight is 219 g/mol. The van der Waals surface area contributed by atoms with Gasteiger partial charge in [-0.1, -0.05) is 6.92 Å². The monoisotopic (exact) mass is 219 g/mol. The van der Waals surface area contributed by atoms with Crippen molar-refractivity contribution in [3.8, 4) is 0 Å². The molecule has 1 fully saturated rings. The summed E-state index contributed by atoms with van der Waals surface area (Å²) in [5.41, 5.74) is 1.70. The van der Waals surface area contributed by atoms with Crippen LogP contribution in [0.5, 0.6) is 0 Å². The average Bonchev–Trinajstić information content (AvgIpc) is 2.23. The Kier molecular flexibility index (Phi) is 2.60. The highest BCUT2D eigenvalue weighted by Gasteiger charge is 2.30. The Morgan fingerprint density at radius 1 is 1.44 bits per heavy atom. The van der Waals surface area contributed by atoms with Crippen LogP contribution < -0.4 is 10.2 Å². The van der Waals surface area contributed by atoms with Crippen molar-refractivity contribution in [1.29, 1.82) is 0 Å². The van der Waals surface area contributed by atoms with E-state index in [0.717, 1.165) is 11.3 Å². The second-order valence-electron chi connectivity index (χ2n) is 4.03. The van der Waals surface area contributed by atoms with Gasteiger partial charge in [0.15, 0.2) is 0 Å². The number of imide groups is 1. The van der Waals surface area contributed by atoms with Crippen LogP contribution in [-0.4, -0.2) is 23.5 Å². The lowest BCUT2D eigenvalue weighted by molar-refractivity contribution is -0.123. The first-order valence-corrected chi connectivity index (χ1v) is 5.12. The minimum absolute atomic E-state index is 0.196. The molecule has 0 bridgehead atoms. The molecule has 0 radical (unpaired) electrons. The zero-order valence-electron chi connectivity index (χ0n) is 9.23. The van der Waals surface area contributed by atoms with E-state index in [1.807, 2.05) is 13.0 Å². The van der Waals surface area contributed by atoms with Crippen molar-refractivity contribution in [1.82, 2.24) is 10.3 Å². The van der Waals surface area contributed by atoms with Gasteiger partial charge in [-0.15, -0.1) is 0 Å². The molecule has 1 aromatic heterocycles. The summed E-state index contributed by atoms with van der Waals surface area (Å²) in [4.78, 5) is 28.5. The molecule has 0 spiro atoms. The van der Waals surface area contributed by atoms with Crippen molar-refractivity contribution in [2.24, 2.45) is 5.92 Å². The van der Waals surface area contributed by atoms with E-state index in [1.54, 1.807) is 19.3 Å². The van der Waals surface area contributed by atoms with Gasteiger partial charge in [0.2, 0.25) is 5.91 Å². The van der Waals surface area contributed by atoms with E-state index in [1.165, 1.54) is 4.90 Å². The van der Waals surface area contributed by atoms with E-state index in [2.05, 4.69) is 10.3 Å². The largest absolute Gasteiger partial charge is 0.328 e. The second-order valence-corrected chi connectivity index (χ2v) is 4.03. The number of hydrogen-bond donors (Lipinski definition) is 1. The zero-order chi connectivity index (χ0) is 11.7. The topological polar surface area (TPSA) is 62.3 Å². The van der Waals surface area contributed by atoms with Crippen molar-refractivity contribution < 1.29 is 9.59 Å². The third-order valence-corrected chi connectivity index (χ3v) is 2.55. The van der Waals surface area contributed by atoms with Gasteiger partial charge in [-0.05, 0) is 18.6 Å². The summed E-state index contributed by atoms with van der Waals surface area (Å²) < 4.78 is 0. The van der Waals surface area contributed by atoms with Gasteiger partial charge in [0.1, 0.15) is 0 Å². The molecule has 0 saturated carbocycles. The number of carbonyl (C=O) groups excluding carboxylic acids is 2. The van der Waals surface area contributed by atoms with Crippen LogP contribution in [0.25, 0.3) is 0 Å². The molecule has 1 N–H and O–H groups in total. The number of pyridine rings is 1. The molecular weight excluding hydrogens is 206 g/mol. The molecular formula is C11H13N3O2. The van der Waals surface area contributed by atoms with E-state index < -0.39 is 0 Å². The molecule has 1 saturated heterocycles. The van der Waals surface area contributed by atoms with Crippen LogP contribution in [0.1, 0.15) is 12.5 Å². The predicted octanol–water partition coefficient (Wildman–Crippen LogP) is 1.08. The van der Waals surface area contributed by atoms with E-state index in [-0.39, 0.29) is 17.9 Å². The van der Waals surface area contributed by atoms with E-state index in [0.29, 0.717) is 6.54 Å².